The Morgan fingerprint density at radius 3 is 2.33 bits per heavy atom. The lowest BCUT2D eigenvalue weighted by atomic mass is 9.99. The number of aryl methyl sites for hydroxylation is 1. The minimum absolute atomic E-state index is 0.306. The first-order valence-corrected chi connectivity index (χ1v) is 9.47. The van der Waals surface area contributed by atoms with E-state index in [4.69, 9.17) is 9.47 Å². The Balaban J connectivity index is 0.00000155. The zero-order valence-electron chi connectivity index (χ0n) is 17.4. The third kappa shape index (κ3) is 5.06. The summed E-state index contributed by atoms with van der Waals surface area (Å²) in [5.41, 5.74) is 1.60. The van der Waals surface area contributed by atoms with Gasteiger partial charge in [0.25, 0.3) is 0 Å². The summed E-state index contributed by atoms with van der Waals surface area (Å²) in [7, 11) is 1.51. The average molecular weight is 423 g/mol. The molecule has 0 bridgehead atoms. The monoisotopic (exact) mass is 423 g/mol. The molecule has 0 spiro atoms. The van der Waals surface area contributed by atoms with Gasteiger partial charge in [0, 0.05) is 23.2 Å². The number of ether oxygens (including phenoxy) is 3. The molecule has 8 heteroatoms. The first-order chi connectivity index (χ1) is 14.2. The number of hydrogen-bond donors (Lipinski definition) is 1. The fraction of sp³-hybridized carbons (Fsp3) is 0.318. The number of aromatic nitrogens is 1. The van der Waals surface area contributed by atoms with Crippen molar-refractivity contribution in [3.8, 4) is 17.2 Å². The number of alkyl halides is 3. The molecule has 3 aromatic rings. The standard InChI is InChI=1S/C20H18F3NO4.C2H6/c1-4-27-17-10-12(26-3)5-8-15(17)19(25)18-11(2)24-16-9-13(6-7-14(16)18)28-20(21,22)23;1-2/h5-10,24H,4H2,1-3H3;1-2H3. The molecule has 0 aliphatic carbocycles. The lowest BCUT2D eigenvalue weighted by Crippen LogP contribution is -2.17. The van der Waals surface area contributed by atoms with Gasteiger partial charge in [-0.15, -0.1) is 13.2 Å². The van der Waals surface area contributed by atoms with Crippen LogP contribution in [0.4, 0.5) is 13.2 Å². The summed E-state index contributed by atoms with van der Waals surface area (Å²) in [6.45, 7) is 7.84. The largest absolute Gasteiger partial charge is 0.573 e. The Hall–Kier alpha value is -3.16. The van der Waals surface area contributed by atoms with E-state index in [2.05, 4.69) is 9.72 Å². The molecule has 1 aromatic heterocycles. The van der Waals surface area contributed by atoms with Gasteiger partial charge in [-0.3, -0.25) is 4.79 Å². The van der Waals surface area contributed by atoms with Gasteiger partial charge in [0.05, 0.1) is 30.4 Å². The number of nitrogens with one attached hydrogen (secondary N) is 1. The average Bonchev–Trinajstić information content (AvgIpc) is 3.02. The number of hydrogen-bond acceptors (Lipinski definition) is 4. The highest BCUT2D eigenvalue weighted by Crippen LogP contribution is 2.33. The van der Waals surface area contributed by atoms with E-state index in [-0.39, 0.29) is 11.5 Å². The van der Waals surface area contributed by atoms with E-state index in [1.165, 1.54) is 25.3 Å². The van der Waals surface area contributed by atoms with Crippen molar-refractivity contribution in [1.82, 2.24) is 4.98 Å². The van der Waals surface area contributed by atoms with E-state index in [1.54, 1.807) is 32.0 Å². The van der Waals surface area contributed by atoms with Gasteiger partial charge >= 0.3 is 6.36 Å². The van der Waals surface area contributed by atoms with E-state index in [1.807, 2.05) is 13.8 Å². The second kappa shape index (κ2) is 9.56. The third-order valence-electron chi connectivity index (χ3n) is 4.15. The highest BCUT2D eigenvalue weighted by Gasteiger charge is 2.31. The highest BCUT2D eigenvalue weighted by atomic mass is 19.4. The minimum Gasteiger partial charge on any atom is -0.497 e. The first kappa shape index (κ1) is 23.1. The predicted molar refractivity (Wildman–Crippen MR) is 109 cm³/mol. The zero-order chi connectivity index (χ0) is 22.5. The Kier molecular flexibility index (Phi) is 7.37. The van der Waals surface area contributed by atoms with Gasteiger partial charge in [-0.1, -0.05) is 13.8 Å². The van der Waals surface area contributed by atoms with Crippen molar-refractivity contribution in [2.24, 2.45) is 0 Å². The number of H-pyrrole nitrogens is 1. The maximum atomic E-state index is 13.2. The molecule has 30 heavy (non-hydrogen) atoms. The highest BCUT2D eigenvalue weighted by molar-refractivity contribution is 6.18. The summed E-state index contributed by atoms with van der Waals surface area (Å²) in [4.78, 5) is 16.1. The molecule has 0 fully saturated rings. The molecule has 162 valence electrons. The van der Waals surface area contributed by atoms with Gasteiger partial charge in [0.2, 0.25) is 0 Å². The van der Waals surface area contributed by atoms with Gasteiger partial charge < -0.3 is 19.2 Å². The van der Waals surface area contributed by atoms with Crippen molar-refractivity contribution in [2.45, 2.75) is 34.1 Å². The first-order valence-electron chi connectivity index (χ1n) is 9.47. The van der Waals surface area contributed by atoms with Crippen molar-refractivity contribution in [3.63, 3.8) is 0 Å². The maximum Gasteiger partial charge on any atom is 0.573 e. The Labute approximate surface area is 172 Å². The van der Waals surface area contributed by atoms with Gasteiger partial charge in [0.15, 0.2) is 5.78 Å². The van der Waals surface area contributed by atoms with E-state index in [9.17, 15) is 18.0 Å². The van der Waals surface area contributed by atoms with Gasteiger partial charge in [-0.05, 0) is 38.1 Å². The quantitative estimate of drug-likeness (QED) is 0.491. The molecule has 3 rings (SSSR count). The molecule has 0 atom stereocenters. The molecule has 0 saturated heterocycles. The van der Waals surface area contributed by atoms with Gasteiger partial charge in [-0.2, -0.15) is 0 Å². The van der Waals surface area contributed by atoms with Crippen LogP contribution in [-0.2, 0) is 0 Å². The smallest absolute Gasteiger partial charge is 0.497 e. The predicted octanol–water partition coefficient (Wildman–Crippen LogP) is 6.04. The molecule has 5 nitrogen and oxygen atoms in total. The fourth-order valence-electron chi connectivity index (χ4n) is 3.03. The number of carbonyl (C=O) groups excluding carboxylic acids is 1. The summed E-state index contributed by atoms with van der Waals surface area (Å²) in [5, 5.41) is 0.496. The van der Waals surface area contributed by atoms with Crippen molar-refractivity contribution in [2.75, 3.05) is 13.7 Å². The lowest BCUT2D eigenvalue weighted by molar-refractivity contribution is -0.274. The van der Waals surface area contributed by atoms with Crippen molar-refractivity contribution >= 4 is 16.7 Å². The number of aromatic amines is 1. The number of ketones is 1. The number of halogens is 3. The number of carbonyl (C=O) groups is 1. The molecule has 0 aliphatic heterocycles. The number of rotatable bonds is 6. The molecule has 0 radical (unpaired) electrons. The normalized spacial score (nSPS) is 10.9. The summed E-state index contributed by atoms with van der Waals surface area (Å²) in [6, 6.07) is 8.69. The van der Waals surface area contributed by atoms with Crippen LogP contribution in [0.1, 0.15) is 42.4 Å². The van der Waals surface area contributed by atoms with Crippen LogP contribution in [-0.4, -0.2) is 30.8 Å². The summed E-state index contributed by atoms with van der Waals surface area (Å²) in [5.74, 6) is 0.251. The molecular weight excluding hydrogens is 399 g/mol. The van der Waals surface area contributed by atoms with E-state index >= 15 is 0 Å². The van der Waals surface area contributed by atoms with Crippen LogP contribution in [0, 0.1) is 6.92 Å². The fourth-order valence-corrected chi connectivity index (χ4v) is 3.03. The topological polar surface area (TPSA) is 60.5 Å². The van der Waals surface area contributed by atoms with Crippen LogP contribution in [0.15, 0.2) is 36.4 Å². The summed E-state index contributed by atoms with van der Waals surface area (Å²) in [6.07, 6.45) is -4.79. The lowest BCUT2D eigenvalue weighted by Gasteiger charge is -2.11. The molecule has 1 heterocycles. The Morgan fingerprint density at radius 2 is 1.73 bits per heavy atom. The van der Waals surface area contributed by atoms with Crippen LogP contribution >= 0.6 is 0 Å². The molecular formula is C22H24F3NO4. The second-order valence-corrected chi connectivity index (χ2v) is 6.00. The van der Waals surface area contributed by atoms with E-state index in [0.29, 0.717) is 45.8 Å². The maximum absolute atomic E-state index is 13.2. The van der Waals surface area contributed by atoms with E-state index in [0.717, 1.165) is 0 Å². The van der Waals surface area contributed by atoms with Gasteiger partial charge in [0.1, 0.15) is 17.2 Å². The molecule has 0 saturated carbocycles. The molecule has 0 unspecified atom stereocenters. The van der Waals surface area contributed by atoms with Gasteiger partial charge in [-0.25, -0.2) is 0 Å². The van der Waals surface area contributed by atoms with Crippen molar-refractivity contribution in [3.05, 3.63) is 53.2 Å². The molecule has 1 N–H and O–H groups in total. The number of methoxy groups -OCH3 is 1. The Bertz CT molecular complexity index is 1030. The summed E-state index contributed by atoms with van der Waals surface area (Å²) >= 11 is 0. The molecule has 0 aliphatic rings. The van der Waals surface area contributed by atoms with Crippen molar-refractivity contribution < 1.29 is 32.2 Å². The van der Waals surface area contributed by atoms with Crippen LogP contribution in [0.2, 0.25) is 0 Å². The minimum atomic E-state index is -4.79. The third-order valence-corrected chi connectivity index (χ3v) is 4.15. The number of fused-ring (bicyclic) bond motifs is 1. The second-order valence-electron chi connectivity index (χ2n) is 6.00. The van der Waals surface area contributed by atoms with Crippen molar-refractivity contribution in [1.29, 1.82) is 0 Å². The van der Waals surface area contributed by atoms with Crippen LogP contribution in [0.5, 0.6) is 17.2 Å². The number of benzene rings is 2. The Morgan fingerprint density at radius 1 is 1.07 bits per heavy atom. The van der Waals surface area contributed by atoms with E-state index < -0.39 is 6.36 Å². The van der Waals surface area contributed by atoms with Crippen LogP contribution < -0.4 is 14.2 Å². The van der Waals surface area contributed by atoms with Crippen LogP contribution in [0.3, 0.4) is 0 Å². The SMILES string of the molecule is CC.CCOc1cc(OC)ccc1C(=O)c1c(C)[nH]c2cc(OC(F)(F)F)ccc12. The summed E-state index contributed by atoms with van der Waals surface area (Å²) < 4.78 is 52.0. The zero-order valence-corrected chi connectivity index (χ0v) is 17.4. The molecule has 0 amide bonds. The molecule has 2 aromatic carbocycles. The van der Waals surface area contributed by atoms with Crippen LogP contribution in [0.25, 0.3) is 10.9 Å².